The summed E-state index contributed by atoms with van der Waals surface area (Å²) in [6.45, 7) is 1.82. The number of benzene rings is 1. The maximum Gasteiger partial charge on any atom is 0.327 e. The summed E-state index contributed by atoms with van der Waals surface area (Å²) in [6.07, 6.45) is 0. The molecule has 112 valence electrons. The number of nitrogens with zero attached hydrogens (tertiary/aromatic N) is 2. The van der Waals surface area contributed by atoms with Gasteiger partial charge in [-0.2, -0.15) is 11.8 Å². The van der Waals surface area contributed by atoms with Crippen molar-refractivity contribution in [3.05, 3.63) is 39.4 Å². The van der Waals surface area contributed by atoms with Gasteiger partial charge in [-0.15, -0.1) is 0 Å². The predicted molar refractivity (Wildman–Crippen MR) is 77.6 cm³/mol. The summed E-state index contributed by atoms with van der Waals surface area (Å²) in [7, 11) is 0. The molecule has 1 atom stereocenters. The number of rotatable bonds is 3. The van der Waals surface area contributed by atoms with Crippen molar-refractivity contribution in [1.82, 2.24) is 4.90 Å². The zero-order valence-corrected chi connectivity index (χ0v) is 12.1. The molecule has 1 aromatic rings. The number of nitro groups is 1. The van der Waals surface area contributed by atoms with Crippen LogP contribution in [0.5, 0.6) is 0 Å². The van der Waals surface area contributed by atoms with E-state index in [1.54, 1.807) is 0 Å². The molecule has 0 radical (unpaired) electrons. The molecule has 1 amide bonds. The Hall–Kier alpha value is -2.09. The Kier molecular flexibility index (Phi) is 4.46. The lowest BCUT2D eigenvalue weighted by Gasteiger charge is -2.32. The normalized spacial score (nSPS) is 18.3. The zero-order chi connectivity index (χ0) is 15.6. The molecule has 1 aromatic carbocycles. The minimum Gasteiger partial charge on any atom is -0.480 e. The third-order valence-corrected chi connectivity index (χ3v) is 4.43. The van der Waals surface area contributed by atoms with Crippen LogP contribution in [-0.2, 0) is 4.79 Å². The summed E-state index contributed by atoms with van der Waals surface area (Å²) in [5, 5.41) is 20.1. The Bertz CT molecular complexity index is 604. The van der Waals surface area contributed by atoms with E-state index in [-0.39, 0.29) is 16.8 Å². The van der Waals surface area contributed by atoms with Crippen molar-refractivity contribution in [3.8, 4) is 0 Å². The van der Waals surface area contributed by atoms with Gasteiger partial charge in [0.1, 0.15) is 6.04 Å². The van der Waals surface area contributed by atoms with Gasteiger partial charge in [-0.25, -0.2) is 4.79 Å². The summed E-state index contributed by atoms with van der Waals surface area (Å²) in [5.41, 5.74) is 0.302. The highest BCUT2D eigenvalue weighted by molar-refractivity contribution is 7.99. The molecule has 8 heteroatoms. The smallest absolute Gasteiger partial charge is 0.327 e. The number of nitro benzene ring substituents is 1. The molecule has 0 aliphatic carbocycles. The highest BCUT2D eigenvalue weighted by Crippen LogP contribution is 2.25. The second kappa shape index (κ2) is 6.13. The fourth-order valence-corrected chi connectivity index (χ4v) is 3.30. The van der Waals surface area contributed by atoms with Gasteiger partial charge < -0.3 is 10.0 Å². The minimum absolute atomic E-state index is 0.140. The van der Waals surface area contributed by atoms with Crippen molar-refractivity contribution in [2.75, 3.05) is 18.1 Å². The van der Waals surface area contributed by atoms with Gasteiger partial charge in [0.25, 0.3) is 11.6 Å². The highest BCUT2D eigenvalue weighted by Gasteiger charge is 2.34. The second-order valence-electron chi connectivity index (χ2n) is 4.63. The van der Waals surface area contributed by atoms with Crippen LogP contribution in [-0.4, -0.2) is 50.9 Å². The van der Waals surface area contributed by atoms with Gasteiger partial charge >= 0.3 is 5.97 Å². The Labute approximate surface area is 125 Å². The SMILES string of the molecule is Cc1c(C(=O)N2CCSCC2C(=O)O)cccc1[N+](=O)[O-]. The molecule has 0 saturated carbocycles. The van der Waals surface area contributed by atoms with E-state index < -0.39 is 22.8 Å². The summed E-state index contributed by atoms with van der Waals surface area (Å²) >= 11 is 1.48. The van der Waals surface area contributed by atoms with Gasteiger partial charge in [0.2, 0.25) is 0 Å². The van der Waals surface area contributed by atoms with Crippen LogP contribution in [0.15, 0.2) is 18.2 Å². The van der Waals surface area contributed by atoms with E-state index in [2.05, 4.69) is 0 Å². The van der Waals surface area contributed by atoms with Gasteiger partial charge in [0.05, 0.1) is 4.92 Å². The van der Waals surface area contributed by atoms with E-state index in [9.17, 15) is 24.8 Å². The zero-order valence-electron chi connectivity index (χ0n) is 11.3. The fraction of sp³-hybridized carbons (Fsp3) is 0.385. The quantitative estimate of drug-likeness (QED) is 0.671. The van der Waals surface area contributed by atoms with Gasteiger partial charge in [-0.05, 0) is 13.0 Å². The van der Waals surface area contributed by atoms with Crippen LogP contribution in [0.1, 0.15) is 15.9 Å². The summed E-state index contributed by atoms with van der Waals surface area (Å²) in [5.74, 6) is -0.541. The van der Waals surface area contributed by atoms with Crippen LogP contribution < -0.4 is 0 Å². The van der Waals surface area contributed by atoms with Crippen LogP contribution >= 0.6 is 11.8 Å². The van der Waals surface area contributed by atoms with Gasteiger partial charge in [0.15, 0.2) is 0 Å². The van der Waals surface area contributed by atoms with Gasteiger partial charge in [-0.3, -0.25) is 14.9 Å². The van der Waals surface area contributed by atoms with E-state index in [0.29, 0.717) is 18.1 Å². The molecule has 1 saturated heterocycles. The maximum absolute atomic E-state index is 12.5. The van der Waals surface area contributed by atoms with Crippen molar-refractivity contribution >= 4 is 29.3 Å². The first-order valence-corrected chi connectivity index (χ1v) is 7.44. The first kappa shape index (κ1) is 15.3. The van der Waals surface area contributed by atoms with E-state index in [1.165, 1.54) is 41.8 Å². The largest absolute Gasteiger partial charge is 0.480 e. The number of hydrogen-bond acceptors (Lipinski definition) is 5. The molecule has 1 heterocycles. The molecule has 1 aliphatic heterocycles. The van der Waals surface area contributed by atoms with Crippen molar-refractivity contribution in [3.63, 3.8) is 0 Å². The number of carbonyl (C=O) groups is 2. The molecular weight excluding hydrogens is 296 g/mol. The van der Waals surface area contributed by atoms with Crippen molar-refractivity contribution < 1.29 is 19.6 Å². The average molecular weight is 310 g/mol. The molecule has 2 rings (SSSR count). The lowest BCUT2D eigenvalue weighted by atomic mass is 10.0. The third kappa shape index (κ3) is 2.99. The van der Waals surface area contributed by atoms with Crippen LogP contribution in [0.2, 0.25) is 0 Å². The molecule has 1 fully saturated rings. The topological polar surface area (TPSA) is 101 Å². The minimum atomic E-state index is -1.06. The summed E-state index contributed by atoms with van der Waals surface area (Å²) in [4.78, 5) is 35.4. The average Bonchev–Trinajstić information content (AvgIpc) is 2.46. The Morgan fingerprint density at radius 3 is 2.81 bits per heavy atom. The molecule has 1 N–H and O–H groups in total. The number of hydrogen-bond donors (Lipinski definition) is 1. The summed E-state index contributed by atoms with van der Waals surface area (Å²) < 4.78 is 0. The van der Waals surface area contributed by atoms with Crippen molar-refractivity contribution in [2.24, 2.45) is 0 Å². The van der Waals surface area contributed by atoms with E-state index >= 15 is 0 Å². The fourth-order valence-electron chi connectivity index (χ4n) is 2.26. The van der Waals surface area contributed by atoms with Crippen molar-refractivity contribution in [1.29, 1.82) is 0 Å². The monoisotopic (exact) mass is 310 g/mol. The molecule has 21 heavy (non-hydrogen) atoms. The maximum atomic E-state index is 12.5. The van der Waals surface area contributed by atoms with Crippen LogP contribution in [0.3, 0.4) is 0 Å². The molecule has 1 aliphatic rings. The van der Waals surface area contributed by atoms with E-state index in [4.69, 9.17) is 0 Å². The molecule has 7 nitrogen and oxygen atoms in total. The first-order valence-electron chi connectivity index (χ1n) is 6.29. The number of carboxylic acid groups (broad SMARTS) is 1. The predicted octanol–water partition coefficient (Wildman–Crippen LogP) is 1.55. The Morgan fingerprint density at radius 2 is 2.19 bits per heavy atom. The number of carboxylic acids is 1. The third-order valence-electron chi connectivity index (χ3n) is 3.41. The molecule has 0 spiro atoms. The van der Waals surface area contributed by atoms with Crippen LogP contribution in [0.25, 0.3) is 0 Å². The standard InChI is InChI=1S/C13H14N2O5S/c1-8-9(3-2-4-10(8)15(19)20)12(16)14-5-6-21-7-11(14)13(17)18/h2-4,11H,5-7H2,1H3,(H,17,18). The molecular formula is C13H14N2O5S. The van der Waals surface area contributed by atoms with E-state index in [0.717, 1.165) is 0 Å². The Morgan fingerprint density at radius 1 is 1.48 bits per heavy atom. The molecule has 0 aromatic heterocycles. The summed E-state index contributed by atoms with van der Waals surface area (Å²) in [6, 6.07) is 3.36. The number of aliphatic carboxylic acids is 1. The highest BCUT2D eigenvalue weighted by atomic mass is 32.2. The molecule has 1 unspecified atom stereocenters. The number of amides is 1. The van der Waals surface area contributed by atoms with Gasteiger partial charge in [0, 0.05) is 35.2 Å². The lowest BCUT2D eigenvalue weighted by molar-refractivity contribution is -0.385. The van der Waals surface area contributed by atoms with Crippen LogP contribution in [0, 0.1) is 17.0 Å². The number of thioether (sulfide) groups is 1. The van der Waals surface area contributed by atoms with E-state index in [1.807, 2.05) is 0 Å². The lowest BCUT2D eigenvalue weighted by Crippen LogP contribution is -2.50. The van der Waals surface area contributed by atoms with Gasteiger partial charge in [-0.1, -0.05) is 6.07 Å². The first-order chi connectivity index (χ1) is 9.93. The Balaban J connectivity index is 2.37. The van der Waals surface area contributed by atoms with Crippen molar-refractivity contribution in [2.45, 2.75) is 13.0 Å². The number of carbonyl (C=O) groups excluding carboxylic acids is 1. The van der Waals surface area contributed by atoms with Crippen LogP contribution in [0.4, 0.5) is 5.69 Å². The second-order valence-corrected chi connectivity index (χ2v) is 5.78. The molecule has 0 bridgehead atoms.